The van der Waals surface area contributed by atoms with Crippen molar-refractivity contribution in [3.63, 3.8) is 0 Å². The van der Waals surface area contributed by atoms with Crippen molar-refractivity contribution in [3.05, 3.63) is 39.0 Å². The topological polar surface area (TPSA) is 0 Å². The van der Waals surface area contributed by atoms with Crippen LogP contribution in [0.2, 0.25) is 0 Å². The number of fused-ring (bicyclic) bond motifs is 1. The summed E-state index contributed by atoms with van der Waals surface area (Å²) in [7, 11) is 0. The molecule has 0 heterocycles. The number of allylic oxidation sites excluding steroid dienone is 2. The Labute approximate surface area is 113 Å². The second-order valence-corrected chi connectivity index (χ2v) is 4.94. The van der Waals surface area contributed by atoms with E-state index in [-0.39, 0.29) is 20.3 Å². The molecule has 0 atom stereocenters. The summed E-state index contributed by atoms with van der Waals surface area (Å²) in [5.74, 6) is 0. The molecule has 0 bridgehead atoms. The van der Waals surface area contributed by atoms with Gasteiger partial charge in [-0.1, -0.05) is 5.57 Å². The van der Waals surface area contributed by atoms with Crippen LogP contribution in [0.1, 0.15) is 48.7 Å². The first-order valence-corrected chi connectivity index (χ1v) is 5.71. The molecule has 0 fully saturated rings. The van der Waals surface area contributed by atoms with Gasteiger partial charge in [-0.25, -0.2) is 0 Å². The average molecular weight is 208 g/mol. The maximum atomic E-state index is 2.27. The largest absolute Gasteiger partial charge is 1.00 e. The summed E-state index contributed by atoms with van der Waals surface area (Å²) in [6.07, 6.45) is 1.16. The van der Waals surface area contributed by atoms with E-state index in [1.165, 1.54) is 33.4 Å². The van der Waals surface area contributed by atoms with Crippen molar-refractivity contribution in [2.75, 3.05) is 0 Å². The smallest absolute Gasteiger partial charge is 1.00 e. The van der Waals surface area contributed by atoms with E-state index in [0.29, 0.717) is 0 Å². The van der Waals surface area contributed by atoms with Crippen molar-refractivity contribution >= 4 is 5.57 Å². The van der Waals surface area contributed by atoms with Crippen molar-refractivity contribution in [2.24, 2.45) is 0 Å². The quantitative estimate of drug-likeness (QED) is 0.565. The zero-order valence-corrected chi connectivity index (χ0v) is 11.7. The molecule has 82 valence electrons. The van der Waals surface area contributed by atoms with E-state index in [1.807, 2.05) is 0 Å². The Bertz CT molecular complexity index is 484. The van der Waals surface area contributed by atoms with Crippen molar-refractivity contribution in [1.29, 1.82) is 0 Å². The van der Waals surface area contributed by atoms with Gasteiger partial charge in [-0.2, -0.15) is 0 Å². The minimum Gasteiger partial charge on any atom is -1.00 e. The number of rotatable bonds is 0. The summed E-state index contributed by atoms with van der Waals surface area (Å²) in [5.41, 5.74) is 12.1. The molecule has 0 aliphatic heterocycles. The average Bonchev–Trinajstić information content (AvgIpc) is 2.50. The van der Waals surface area contributed by atoms with Gasteiger partial charge in [0.2, 0.25) is 0 Å². The first kappa shape index (κ1) is 13.6. The molecule has 1 aromatic carbocycles. The molecular weight excluding hydrogens is 187 g/mol. The van der Waals surface area contributed by atoms with E-state index in [2.05, 4.69) is 41.5 Å². The van der Waals surface area contributed by atoms with Gasteiger partial charge in [0.1, 0.15) is 0 Å². The number of hydrogen-bond acceptors (Lipinski definition) is 0. The van der Waals surface area contributed by atoms with Gasteiger partial charge in [-0.05, 0) is 86.9 Å². The molecule has 1 aliphatic rings. The minimum absolute atomic E-state index is 0. The Kier molecular flexibility index (Phi) is 3.78. The molecule has 0 radical (unpaired) electrons. The van der Waals surface area contributed by atoms with E-state index in [4.69, 9.17) is 0 Å². The van der Waals surface area contributed by atoms with E-state index in [1.54, 1.807) is 11.1 Å². The van der Waals surface area contributed by atoms with Crippen molar-refractivity contribution in [2.45, 2.75) is 48.0 Å². The molecule has 1 aromatic rings. The van der Waals surface area contributed by atoms with Gasteiger partial charge in [0.05, 0.1) is 0 Å². The normalized spacial score (nSPS) is 13.9. The van der Waals surface area contributed by atoms with Crippen LogP contribution in [0.5, 0.6) is 0 Å². The minimum atomic E-state index is 0. The second kappa shape index (κ2) is 4.44. The fourth-order valence-electron chi connectivity index (χ4n) is 2.73. The standard InChI is InChI=1S/C15H20.Li.H/c1-8-7-14-12(5)10(3)11(4)13(6)15(14)9(8)2;;/h7H2,1-6H3;;/q;+1;-1. The molecule has 0 unspecified atom stereocenters. The summed E-state index contributed by atoms with van der Waals surface area (Å²) in [6.45, 7) is 13.6. The zero-order chi connectivity index (χ0) is 11.3. The molecule has 16 heavy (non-hydrogen) atoms. The van der Waals surface area contributed by atoms with Gasteiger partial charge in [0, 0.05) is 0 Å². The Morgan fingerprint density at radius 1 is 0.750 bits per heavy atom. The van der Waals surface area contributed by atoms with E-state index in [0.717, 1.165) is 6.42 Å². The van der Waals surface area contributed by atoms with Gasteiger partial charge in [0.15, 0.2) is 0 Å². The SMILES string of the molecule is CC1=C(C)c2c(C)c(C)c(C)c(C)c2C1.[H-].[Li+]. The Hall–Kier alpha value is -0.443. The van der Waals surface area contributed by atoms with E-state index < -0.39 is 0 Å². The van der Waals surface area contributed by atoms with Gasteiger partial charge < -0.3 is 1.43 Å². The summed E-state index contributed by atoms with van der Waals surface area (Å²) in [6, 6.07) is 0. The molecule has 0 aromatic heterocycles. The summed E-state index contributed by atoms with van der Waals surface area (Å²) in [4.78, 5) is 0. The molecule has 0 nitrogen and oxygen atoms in total. The van der Waals surface area contributed by atoms with Gasteiger partial charge in [-0.15, -0.1) is 0 Å². The first-order valence-electron chi connectivity index (χ1n) is 5.71. The van der Waals surface area contributed by atoms with Gasteiger partial charge >= 0.3 is 18.9 Å². The van der Waals surface area contributed by atoms with Crippen molar-refractivity contribution in [3.8, 4) is 0 Å². The number of benzene rings is 1. The molecule has 1 heteroatoms. The van der Waals surface area contributed by atoms with E-state index >= 15 is 0 Å². The molecule has 0 amide bonds. The van der Waals surface area contributed by atoms with Crippen LogP contribution in [0, 0.1) is 27.7 Å². The van der Waals surface area contributed by atoms with Crippen LogP contribution < -0.4 is 18.9 Å². The van der Waals surface area contributed by atoms with Gasteiger partial charge in [-0.3, -0.25) is 0 Å². The molecular formula is C15H21Li. The maximum absolute atomic E-state index is 2.27. The number of hydrogen-bond donors (Lipinski definition) is 0. The summed E-state index contributed by atoms with van der Waals surface area (Å²) in [5, 5.41) is 0. The van der Waals surface area contributed by atoms with E-state index in [9.17, 15) is 0 Å². The Balaban J connectivity index is 0.00000128. The van der Waals surface area contributed by atoms with Crippen LogP contribution in [0.25, 0.3) is 5.57 Å². The Morgan fingerprint density at radius 2 is 1.25 bits per heavy atom. The molecule has 0 N–H and O–H groups in total. The summed E-state index contributed by atoms with van der Waals surface area (Å²) < 4.78 is 0. The fourth-order valence-corrected chi connectivity index (χ4v) is 2.73. The van der Waals surface area contributed by atoms with Crippen LogP contribution in [-0.2, 0) is 6.42 Å². The van der Waals surface area contributed by atoms with Crippen molar-refractivity contribution in [1.82, 2.24) is 0 Å². The maximum Gasteiger partial charge on any atom is 1.00 e. The summed E-state index contributed by atoms with van der Waals surface area (Å²) >= 11 is 0. The molecule has 2 rings (SSSR count). The second-order valence-electron chi connectivity index (χ2n) is 4.94. The van der Waals surface area contributed by atoms with Crippen LogP contribution in [0.3, 0.4) is 0 Å². The van der Waals surface area contributed by atoms with Crippen LogP contribution >= 0.6 is 0 Å². The molecule has 1 aliphatic carbocycles. The monoisotopic (exact) mass is 208 g/mol. The van der Waals surface area contributed by atoms with Crippen LogP contribution in [0.4, 0.5) is 0 Å². The van der Waals surface area contributed by atoms with Crippen LogP contribution in [0.15, 0.2) is 5.57 Å². The van der Waals surface area contributed by atoms with Gasteiger partial charge in [0.25, 0.3) is 0 Å². The Morgan fingerprint density at radius 3 is 1.81 bits per heavy atom. The first-order chi connectivity index (χ1) is 6.95. The predicted octanol–water partition coefficient (Wildman–Crippen LogP) is 1.39. The molecule has 0 saturated carbocycles. The van der Waals surface area contributed by atoms with Crippen LogP contribution in [-0.4, -0.2) is 0 Å². The third-order valence-electron chi connectivity index (χ3n) is 4.27. The molecule has 0 spiro atoms. The third kappa shape index (κ3) is 1.69. The van der Waals surface area contributed by atoms with Crippen molar-refractivity contribution < 1.29 is 20.3 Å². The fraction of sp³-hybridized carbons (Fsp3) is 0.467. The molecule has 0 saturated heterocycles. The predicted molar refractivity (Wildman–Crippen MR) is 68.5 cm³/mol. The third-order valence-corrected chi connectivity index (χ3v) is 4.27. The zero-order valence-electron chi connectivity index (χ0n) is 12.7.